The first kappa shape index (κ1) is 21.6. The number of anilines is 3. The summed E-state index contributed by atoms with van der Waals surface area (Å²) in [5, 5.41) is 6.52. The summed E-state index contributed by atoms with van der Waals surface area (Å²) in [7, 11) is 1.33. The average molecular weight is 469 g/mol. The molecule has 0 radical (unpaired) electrons. The van der Waals surface area contributed by atoms with Crippen molar-refractivity contribution in [2.45, 2.75) is 38.5 Å². The number of ether oxygens (including phenoxy) is 1. The number of hydrogen-bond acceptors (Lipinski definition) is 6. The standard InChI is InChI=1S/C24H25FN4O3S/c1-32-23(30)20-16-6-2-3-7-18(16)33-22(20)28-24(31)26-15-12-14-8-9-19(29-10-4-5-11-29)27-21(14)17(25)13-15/h8-9,12-13H,2-7,10-11H2,1H3,(H2,26,28,31). The van der Waals surface area contributed by atoms with Gasteiger partial charge in [0.1, 0.15) is 16.3 Å². The van der Waals surface area contributed by atoms with Gasteiger partial charge in [0, 0.05) is 29.0 Å². The van der Waals surface area contributed by atoms with Gasteiger partial charge in [0.15, 0.2) is 5.82 Å². The highest BCUT2D eigenvalue weighted by molar-refractivity contribution is 7.17. The molecule has 3 heterocycles. The summed E-state index contributed by atoms with van der Waals surface area (Å²) < 4.78 is 19.8. The third kappa shape index (κ3) is 4.25. The largest absolute Gasteiger partial charge is 0.465 e. The first-order chi connectivity index (χ1) is 16.0. The fraction of sp³-hybridized carbons (Fsp3) is 0.375. The minimum Gasteiger partial charge on any atom is -0.465 e. The Bertz CT molecular complexity index is 1240. The van der Waals surface area contributed by atoms with Crippen LogP contribution in [0.2, 0.25) is 0 Å². The highest BCUT2D eigenvalue weighted by Gasteiger charge is 2.27. The van der Waals surface area contributed by atoms with E-state index in [1.165, 1.54) is 24.5 Å². The molecular weight excluding hydrogens is 443 g/mol. The van der Waals surface area contributed by atoms with Crippen LogP contribution in [-0.2, 0) is 17.6 Å². The molecule has 2 aromatic heterocycles. The number of aromatic nitrogens is 1. The molecule has 0 atom stereocenters. The fourth-order valence-corrected chi connectivity index (χ4v) is 5.89. The summed E-state index contributed by atoms with van der Waals surface area (Å²) in [6, 6.07) is 6.13. The van der Waals surface area contributed by atoms with E-state index in [0.29, 0.717) is 21.6 Å². The van der Waals surface area contributed by atoms with Crippen LogP contribution in [0.4, 0.5) is 25.7 Å². The molecule has 33 heavy (non-hydrogen) atoms. The molecule has 1 fully saturated rings. The van der Waals surface area contributed by atoms with Crippen molar-refractivity contribution in [2.24, 2.45) is 0 Å². The van der Waals surface area contributed by atoms with E-state index >= 15 is 0 Å². The quantitative estimate of drug-likeness (QED) is 0.505. The number of thiophene rings is 1. The zero-order chi connectivity index (χ0) is 22.9. The lowest BCUT2D eigenvalue weighted by Crippen LogP contribution is -2.21. The van der Waals surface area contributed by atoms with E-state index < -0.39 is 17.8 Å². The Kier molecular flexibility index (Phi) is 5.88. The Balaban J connectivity index is 1.37. The van der Waals surface area contributed by atoms with Gasteiger partial charge >= 0.3 is 12.0 Å². The van der Waals surface area contributed by atoms with Crippen LogP contribution in [0.1, 0.15) is 46.5 Å². The third-order valence-electron chi connectivity index (χ3n) is 6.21. The second-order valence-corrected chi connectivity index (χ2v) is 9.48. The molecule has 2 amide bonds. The zero-order valence-corrected chi connectivity index (χ0v) is 19.2. The van der Waals surface area contributed by atoms with Crippen molar-refractivity contribution in [1.82, 2.24) is 4.98 Å². The molecular formula is C24H25FN4O3S. The summed E-state index contributed by atoms with van der Waals surface area (Å²) in [6.07, 6.45) is 5.97. The lowest BCUT2D eigenvalue weighted by Gasteiger charge is -2.17. The second kappa shape index (κ2) is 8.97. The number of pyridine rings is 1. The van der Waals surface area contributed by atoms with E-state index in [-0.39, 0.29) is 5.52 Å². The van der Waals surface area contributed by atoms with Crippen molar-refractivity contribution in [3.63, 3.8) is 0 Å². The molecule has 7 nitrogen and oxygen atoms in total. The smallest absolute Gasteiger partial charge is 0.341 e. The van der Waals surface area contributed by atoms with E-state index in [0.717, 1.165) is 67.9 Å². The van der Waals surface area contributed by atoms with Crippen LogP contribution in [0.15, 0.2) is 24.3 Å². The maximum absolute atomic E-state index is 14.8. The lowest BCUT2D eigenvalue weighted by molar-refractivity contribution is 0.0601. The molecule has 5 rings (SSSR count). The topological polar surface area (TPSA) is 83.6 Å². The van der Waals surface area contributed by atoms with Gasteiger partial charge in [-0.1, -0.05) is 0 Å². The Hall–Kier alpha value is -3.20. The van der Waals surface area contributed by atoms with Crippen molar-refractivity contribution < 1.29 is 18.7 Å². The number of urea groups is 1. The van der Waals surface area contributed by atoms with Crippen LogP contribution in [0, 0.1) is 5.82 Å². The molecule has 172 valence electrons. The van der Waals surface area contributed by atoms with Crippen molar-refractivity contribution >= 4 is 50.7 Å². The number of aryl methyl sites for hydroxylation is 1. The van der Waals surface area contributed by atoms with Gasteiger partial charge < -0.3 is 15.0 Å². The van der Waals surface area contributed by atoms with Crippen molar-refractivity contribution in [3.05, 3.63) is 46.1 Å². The number of hydrogen-bond donors (Lipinski definition) is 2. The molecule has 0 bridgehead atoms. The molecule has 0 saturated carbocycles. The number of carbonyl (C=O) groups is 2. The van der Waals surface area contributed by atoms with Gasteiger partial charge in [-0.05, 0) is 68.4 Å². The Morgan fingerprint density at radius 2 is 1.88 bits per heavy atom. The minimum atomic E-state index is -0.542. The molecule has 1 saturated heterocycles. The maximum atomic E-state index is 14.8. The normalized spacial score (nSPS) is 15.4. The van der Waals surface area contributed by atoms with Crippen LogP contribution in [0.3, 0.4) is 0 Å². The lowest BCUT2D eigenvalue weighted by atomic mass is 9.95. The number of esters is 1. The molecule has 3 aromatic rings. The van der Waals surface area contributed by atoms with Gasteiger partial charge in [0.05, 0.1) is 12.7 Å². The summed E-state index contributed by atoms with van der Waals surface area (Å²) in [4.78, 5) is 32.8. The summed E-state index contributed by atoms with van der Waals surface area (Å²) in [5.74, 6) is -0.179. The number of fused-ring (bicyclic) bond motifs is 2. The Labute approximate surface area is 194 Å². The van der Waals surface area contributed by atoms with Gasteiger partial charge in [-0.2, -0.15) is 0 Å². The highest BCUT2D eigenvalue weighted by Crippen LogP contribution is 2.38. The number of nitrogens with zero attached hydrogens (tertiary/aromatic N) is 2. The first-order valence-corrected chi connectivity index (χ1v) is 12.0. The van der Waals surface area contributed by atoms with Gasteiger partial charge in [0.2, 0.25) is 0 Å². The molecule has 0 spiro atoms. The number of methoxy groups -OCH3 is 1. The van der Waals surface area contributed by atoms with Crippen LogP contribution < -0.4 is 15.5 Å². The SMILES string of the molecule is COC(=O)c1c(NC(=O)Nc2cc(F)c3nc(N4CCCC4)ccc3c2)sc2c1CCCC2. The number of rotatable bonds is 4. The van der Waals surface area contributed by atoms with Gasteiger partial charge in [-0.3, -0.25) is 5.32 Å². The molecule has 2 aliphatic rings. The van der Waals surface area contributed by atoms with E-state index in [9.17, 15) is 14.0 Å². The monoisotopic (exact) mass is 468 g/mol. The molecule has 1 aliphatic heterocycles. The third-order valence-corrected chi connectivity index (χ3v) is 7.41. The van der Waals surface area contributed by atoms with Crippen LogP contribution >= 0.6 is 11.3 Å². The van der Waals surface area contributed by atoms with Crippen LogP contribution in [0.5, 0.6) is 0 Å². The molecule has 2 N–H and O–H groups in total. The van der Waals surface area contributed by atoms with Gasteiger partial charge in [0.25, 0.3) is 0 Å². The number of halogens is 1. The van der Waals surface area contributed by atoms with Crippen LogP contribution in [-0.4, -0.2) is 37.2 Å². The summed E-state index contributed by atoms with van der Waals surface area (Å²) in [6.45, 7) is 1.86. The van der Waals surface area contributed by atoms with Gasteiger partial charge in [-0.15, -0.1) is 11.3 Å². The molecule has 9 heteroatoms. The number of amides is 2. The molecule has 1 aliphatic carbocycles. The van der Waals surface area contributed by atoms with E-state index in [1.54, 1.807) is 6.07 Å². The van der Waals surface area contributed by atoms with E-state index in [4.69, 9.17) is 4.74 Å². The number of carbonyl (C=O) groups excluding carboxylic acids is 2. The summed E-state index contributed by atoms with van der Waals surface area (Å²) in [5.41, 5.74) is 1.99. The first-order valence-electron chi connectivity index (χ1n) is 11.2. The Morgan fingerprint density at radius 3 is 2.67 bits per heavy atom. The van der Waals surface area contributed by atoms with Gasteiger partial charge in [-0.25, -0.2) is 19.0 Å². The molecule has 0 unspecified atom stereocenters. The minimum absolute atomic E-state index is 0.282. The van der Waals surface area contributed by atoms with Crippen molar-refractivity contribution in [3.8, 4) is 0 Å². The second-order valence-electron chi connectivity index (χ2n) is 8.38. The number of benzene rings is 1. The predicted octanol–water partition coefficient (Wildman–Crippen LogP) is 5.35. The van der Waals surface area contributed by atoms with Crippen molar-refractivity contribution in [1.29, 1.82) is 0 Å². The van der Waals surface area contributed by atoms with E-state index in [2.05, 4.69) is 20.5 Å². The predicted molar refractivity (Wildman–Crippen MR) is 128 cm³/mol. The van der Waals surface area contributed by atoms with E-state index in [1.807, 2.05) is 12.1 Å². The average Bonchev–Trinajstić information content (AvgIpc) is 3.46. The number of nitrogens with one attached hydrogen (secondary N) is 2. The maximum Gasteiger partial charge on any atom is 0.341 e. The highest BCUT2D eigenvalue weighted by atomic mass is 32.1. The van der Waals surface area contributed by atoms with Crippen molar-refractivity contribution in [2.75, 3.05) is 35.7 Å². The summed E-state index contributed by atoms with van der Waals surface area (Å²) >= 11 is 1.40. The Morgan fingerprint density at radius 1 is 1.09 bits per heavy atom. The zero-order valence-electron chi connectivity index (χ0n) is 18.4. The molecule has 1 aromatic carbocycles. The fourth-order valence-electron chi connectivity index (χ4n) is 4.61. The van der Waals surface area contributed by atoms with Crippen LogP contribution in [0.25, 0.3) is 10.9 Å².